The topological polar surface area (TPSA) is 82.5 Å². The lowest BCUT2D eigenvalue weighted by molar-refractivity contribution is -0.117. The quantitative estimate of drug-likeness (QED) is 0.708. The Balaban J connectivity index is 1.86. The molecule has 1 aromatic heterocycles. The number of anilines is 1. The maximum Gasteiger partial charge on any atom is 0.267 e. The number of nitrogens with one attached hydrogen (secondary N) is 1. The fourth-order valence-electron chi connectivity index (χ4n) is 2.62. The first-order valence-corrected chi connectivity index (χ1v) is 8.36. The number of methoxy groups -OCH3 is 2. The molecule has 1 N–H and O–H groups in total. The molecule has 144 valence electrons. The van der Waals surface area contributed by atoms with Gasteiger partial charge in [-0.15, -0.1) is 0 Å². The summed E-state index contributed by atoms with van der Waals surface area (Å²) < 4.78 is 24.8. The number of carbonyl (C=O) groups is 1. The summed E-state index contributed by atoms with van der Waals surface area (Å²) in [5, 5.41) is 6.79. The third-order valence-electron chi connectivity index (χ3n) is 3.95. The van der Waals surface area contributed by atoms with Crippen molar-refractivity contribution in [2.24, 2.45) is 0 Å². The van der Waals surface area contributed by atoms with Gasteiger partial charge in [0, 0.05) is 23.4 Å². The largest absolute Gasteiger partial charge is 0.497 e. The van der Waals surface area contributed by atoms with Crippen molar-refractivity contribution < 1.29 is 18.7 Å². The molecule has 0 bridgehead atoms. The molecular weight excluding hydrogens is 365 g/mol. The summed E-state index contributed by atoms with van der Waals surface area (Å²) in [6.07, 6.45) is 0. The molecule has 0 spiro atoms. The van der Waals surface area contributed by atoms with Gasteiger partial charge in [-0.1, -0.05) is 6.07 Å². The van der Waals surface area contributed by atoms with Crippen molar-refractivity contribution in [1.29, 1.82) is 0 Å². The van der Waals surface area contributed by atoms with Crippen LogP contribution in [0.4, 0.5) is 10.1 Å². The molecule has 0 atom stereocenters. The summed E-state index contributed by atoms with van der Waals surface area (Å²) in [5.74, 6) is 0.158. The Morgan fingerprint density at radius 2 is 1.93 bits per heavy atom. The molecule has 7 nitrogen and oxygen atoms in total. The highest BCUT2D eigenvalue weighted by atomic mass is 19.1. The van der Waals surface area contributed by atoms with Crippen LogP contribution in [0.3, 0.4) is 0 Å². The normalized spacial score (nSPS) is 10.4. The van der Waals surface area contributed by atoms with Gasteiger partial charge in [0.1, 0.15) is 23.9 Å². The molecule has 0 unspecified atom stereocenters. The average Bonchev–Trinajstić information content (AvgIpc) is 2.69. The van der Waals surface area contributed by atoms with Crippen molar-refractivity contribution in [2.75, 3.05) is 19.5 Å². The van der Waals surface area contributed by atoms with E-state index >= 15 is 0 Å². The highest BCUT2D eigenvalue weighted by Crippen LogP contribution is 2.31. The van der Waals surface area contributed by atoms with Crippen LogP contribution in [-0.2, 0) is 11.3 Å². The second kappa shape index (κ2) is 8.34. The fraction of sp³-hybridized carbons (Fsp3) is 0.150. The molecule has 8 heteroatoms. The Morgan fingerprint density at radius 3 is 2.64 bits per heavy atom. The number of halogens is 1. The van der Waals surface area contributed by atoms with Crippen LogP contribution in [0, 0.1) is 5.82 Å². The lowest BCUT2D eigenvalue weighted by atomic mass is 10.1. The zero-order valence-electron chi connectivity index (χ0n) is 15.3. The molecule has 0 aliphatic carbocycles. The highest BCUT2D eigenvalue weighted by Gasteiger charge is 2.12. The van der Waals surface area contributed by atoms with E-state index in [0.717, 1.165) is 4.68 Å². The minimum atomic E-state index is -0.501. The average molecular weight is 383 g/mol. The van der Waals surface area contributed by atoms with Gasteiger partial charge >= 0.3 is 0 Å². The lowest BCUT2D eigenvalue weighted by Crippen LogP contribution is -2.29. The summed E-state index contributed by atoms with van der Waals surface area (Å²) in [5.41, 5.74) is 0.955. The van der Waals surface area contributed by atoms with E-state index in [1.807, 2.05) is 0 Å². The standard InChI is InChI=1S/C20H18FN3O4/c1-27-15-6-7-16(18(11-15)28-2)17-8-9-20(26)24(23-17)12-19(25)22-14-5-3-4-13(21)10-14/h3-11H,12H2,1-2H3,(H,22,25). The van der Waals surface area contributed by atoms with E-state index in [-0.39, 0.29) is 6.54 Å². The van der Waals surface area contributed by atoms with E-state index in [4.69, 9.17) is 9.47 Å². The maximum atomic E-state index is 13.2. The van der Waals surface area contributed by atoms with E-state index in [2.05, 4.69) is 10.4 Å². The molecule has 0 aliphatic rings. The van der Waals surface area contributed by atoms with E-state index in [0.29, 0.717) is 28.4 Å². The van der Waals surface area contributed by atoms with Gasteiger partial charge in [-0.25, -0.2) is 9.07 Å². The second-order valence-electron chi connectivity index (χ2n) is 5.84. The number of carbonyl (C=O) groups excluding carboxylic acids is 1. The van der Waals surface area contributed by atoms with Crippen LogP contribution in [0.5, 0.6) is 11.5 Å². The Hall–Kier alpha value is -3.68. The van der Waals surface area contributed by atoms with Crippen LogP contribution in [0.25, 0.3) is 11.3 Å². The van der Waals surface area contributed by atoms with Crippen LogP contribution in [0.1, 0.15) is 0 Å². The van der Waals surface area contributed by atoms with Gasteiger partial charge < -0.3 is 14.8 Å². The first-order chi connectivity index (χ1) is 13.5. The highest BCUT2D eigenvalue weighted by molar-refractivity contribution is 5.90. The van der Waals surface area contributed by atoms with Crippen LogP contribution in [0.2, 0.25) is 0 Å². The minimum Gasteiger partial charge on any atom is -0.497 e. The molecule has 3 aromatic rings. The van der Waals surface area contributed by atoms with E-state index < -0.39 is 17.3 Å². The summed E-state index contributed by atoms with van der Waals surface area (Å²) >= 11 is 0. The molecule has 0 fully saturated rings. The second-order valence-corrected chi connectivity index (χ2v) is 5.84. The summed E-state index contributed by atoms with van der Waals surface area (Å²) in [4.78, 5) is 24.3. The number of benzene rings is 2. The zero-order valence-corrected chi connectivity index (χ0v) is 15.3. The van der Waals surface area contributed by atoms with Gasteiger partial charge in [-0.3, -0.25) is 9.59 Å². The van der Waals surface area contributed by atoms with Gasteiger partial charge in [0.2, 0.25) is 5.91 Å². The Bertz CT molecular complexity index is 1070. The van der Waals surface area contributed by atoms with Gasteiger partial charge in [-0.2, -0.15) is 5.10 Å². The molecule has 3 rings (SSSR count). The predicted octanol–water partition coefficient (Wildman–Crippen LogP) is 2.71. The van der Waals surface area contributed by atoms with Crippen LogP contribution in [-0.4, -0.2) is 29.9 Å². The number of aromatic nitrogens is 2. The van der Waals surface area contributed by atoms with E-state index in [1.165, 1.54) is 31.4 Å². The van der Waals surface area contributed by atoms with Crippen molar-refractivity contribution in [3.63, 3.8) is 0 Å². The summed E-state index contributed by atoms with van der Waals surface area (Å²) in [6, 6.07) is 13.5. The molecule has 2 aromatic carbocycles. The van der Waals surface area contributed by atoms with Gasteiger partial charge in [0.25, 0.3) is 5.56 Å². The Morgan fingerprint density at radius 1 is 1.11 bits per heavy atom. The smallest absolute Gasteiger partial charge is 0.267 e. The number of ether oxygens (including phenoxy) is 2. The number of hydrogen-bond acceptors (Lipinski definition) is 5. The maximum absolute atomic E-state index is 13.2. The Labute approximate surface area is 160 Å². The monoisotopic (exact) mass is 383 g/mol. The molecule has 0 saturated carbocycles. The molecular formula is C20H18FN3O4. The van der Waals surface area contributed by atoms with E-state index in [9.17, 15) is 14.0 Å². The van der Waals surface area contributed by atoms with Crippen molar-refractivity contribution in [1.82, 2.24) is 9.78 Å². The van der Waals surface area contributed by atoms with Crippen LogP contribution < -0.4 is 20.3 Å². The number of amides is 1. The molecule has 0 aliphatic heterocycles. The Kier molecular flexibility index (Phi) is 5.69. The third-order valence-corrected chi connectivity index (χ3v) is 3.95. The van der Waals surface area contributed by atoms with E-state index in [1.54, 1.807) is 37.4 Å². The molecule has 0 saturated heterocycles. The van der Waals surface area contributed by atoms with Crippen molar-refractivity contribution >= 4 is 11.6 Å². The molecule has 1 heterocycles. The number of hydrogen-bond donors (Lipinski definition) is 1. The fourth-order valence-corrected chi connectivity index (χ4v) is 2.62. The third kappa shape index (κ3) is 4.35. The molecule has 0 radical (unpaired) electrons. The van der Waals surface area contributed by atoms with Gasteiger partial charge in [-0.05, 0) is 36.4 Å². The van der Waals surface area contributed by atoms with Crippen molar-refractivity contribution in [3.8, 4) is 22.8 Å². The summed E-state index contributed by atoms with van der Waals surface area (Å²) in [6.45, 7) is -0.318. The van der Waals surface area contributed by atoms with Crippen LogP contribution in [0.15, 0.2) is 59.4 Å². The van der Waals surface area contributed by atoms with Crippen LogP contribution >= 0.6 is 0 Å². The molecule has 28 heavy (non-hydrogen) atoms. The molecule has 1 amide bonds. The minimum absolute atomic E-state index is 0.297. The first kappa shape index (κ1) is 19.1. The SMILES string of the molecule is COc1ccc(-c2ccc(=O)n(CC(=O)Nc3cccc(F)c3)n2)c(OC)c1. The number of rotatable bonds is 6. The zero-order chi connectivity index (χ0) is 20.1. The van der Waals surface area contributed by atoms with Gasteiger partial charge in [0.05, 0.1) is 19.9 Å². The first-order valence-electron chi connectivity index (χ1n) is 8.36. The van der Waals surface area contributed by atoms with Crippen molar-refractivity contribution in [2.45, 2.75) is 6.54 Å². The predicted molar refractivity (Wildman–Crippen MR) is 102 cm³/mol. The number of nitrogens with zero attached hydrogens (tertiary/aromatic N) is 2. The summed E-state index contributed by atoms with van der Waals surface area (Å²) in [7, 11) is 3.06. The van der Waals surface area contributed by atoms with Gasteiger partial charge in [0.15, 0.2) is 0 Å². The lowest BCUT2D eigenvalue weighted by Gasteiger charge is -2.12. The van der Waals surface area contributed by atoms with Crippen molar-refractivity contribution in [3.05, 3.63) is 70.8 Å².